The van der Waals surface area contributed by atoms with E-state index in [0.717, 1.165) is 17.2 Å². The monoisotopic (exact) mass is 339 g/mol. The molecule has 0 bridgehead atoms. The first-order chi connectivity index (χ1) is 12.1. The Morgan fingerprint density at radius 2 is 1.48 bits per heavy atom. The number of carbonyl (C=O) groups is 2. The minimum absolute atomic E-state index is 0.147. The molecule has 2 aromatic rings. The van der Waals surface area contributed by atoms with Gasteiger partial charge in [0, 0.05) is 13.1 Å². The van der Waals surface area contributed by atoms with Gasteiger partial charge in [0.05, 0.1) is 6.08 Å². The molecule has 0 aliphatic heterocycles. The van der Waals surface area contributed by atoms with Crippen molar-refractivity contribution in [3.05, 3.63) is 83.7 Å². The Kier molecular flexibility index (Phi) is 7.06. The van der Waals surface area contributed by atoms with Gasteiger partial charge in [0.15, 0.2) is 0 Å². The van der Waals surface area contributed by atoms with Crippen molar-refractivity contribution in [2.24, 2.45) is 0 Å². The first kappa shape index (κ1) is 18.1. The fourth-order valence-electron chi connectivity index (χ4n) is 2.19. The molecule has 0 radical (unpaired) electrons. The minimum Gasteiger partial charge on any atom is -0.478 e. The molecule has 2 rings (SSSR count). The van der Waals surface area contributed by atoms with E-state index in [4.69, 9.17) is 5.11 Å². The molecule has 25 heavy (non-hydrogen) atoms. The first-order valence-corrected chi connectivity index (χ1v) is 7.94. The van der Waals surface area contributed by atoms with Crippen molar-refractivity contribution in [2.75, 3.05) is 6.54 Å². The van der Waals surface area contributed by atoms with Gasteiger partial charge >= 0.3 is 12.0 Å². The zero-order chi connectivity index (χ0) is 17.9. The predicted molar refractivity (Wildman–Crippen MR) is 95.7 cm³/mol. The van der Waals surface area contributed by atoms with Crippen molar-refractivity contribution in [3.8, 4) is 0 Å². The van der Waals surface area contributed by atoms with Crippen LogP contribution in [0.5, 0.6) is 0 Å². The lowest BCUT2D eigenvalue weighted by Gasteiger charge is -2.13. The summed E-state index contributed by atoms with van der Waals surface area (Å²) in [4.78, 5) is 22.9. The molecule has 0 aromatic heterocycles. The van der Waals surface area contributed by atoms with E-state index in [1.165, 1.54) is 0 Å². The van der Waals surface area contributed by atoms with Crippen LogP contribution in [0.1, 0.15) is 11.1 Å². The van der Waals surface area contributed by atoms with E-state index < -0.39 is 12.0 Å². The van der Waals surface area contributed by atoms with E-state index in [-0.39, 0.29) is 5.82 Å². The molecule has 0 aliphatic carbocycles. The normalized spacial score (nSPS) is 10.8. The number of aliphatic carboxylic acids is 1. The van der Waals surface area contributed by atoms with Gasteiger partial charge in [-0.1, -0.05) is 60.7 Å². The molecule has 4 N–H and O–H groups in total. The SMILES string of the molecule is O=C(O)/C=C(\NCCc1ccccc1)NC(=O)NCc1ccccc1. The van der Waals surface area contributed by atoms with E-state index in [1.54, 1.807) is 0 Å². The second-order valence-corrected chi connectivity index (χ2v) is 5.35. The lowest BCUT2D eigenvalue weighted by Crippen LogP contribution is -2.39. The molecule has 0 fully saturated rings. The molecule has 0 atom stereocenters. The number of amides is 2. The maximum Gasteiger partial charge on any atom is 0.331 e. The van der Waals surface area contributed by atoms with Crippen LogP contribution in [-0.4, -0.2) is 23.7 Å². The lowest BCUT2D eigenvalue weighted by molar-refractivity contribution is -0.131. The van der Waals surface area contributed by atoms with Crippen LogP contribution < -0.4 is 16.0 Å². The summed E-state index contributed by atoms with van der Waals surface area (Å²) in [5.41, 5.74) is 2.08. The van der Waals surface area contributed by atoms with Crippen molar-refractivity contribution in [2.45, 2.75) is 13.0 Å². The first-order valence-electron chi connectivity index (χ1n) is 7.94. The van der Waals surface area contributed by atoms with Crippen LogP contribution >= 0.6 is 0 Å². The van der Waals surface area contributed by atoms with Gasteiger partial charge in [-0.25, -0.2) is 9.59 Å². The fraction of sp³-hybridized carbons (Fsp3) is 0.158. The van der Waals surface area contributed by atoms with Crippen molar-refractivity contribution >= 4 is 12.0 Å². The topological polar surface area (TPSA) is 90.5 Å². The molecule has 0 aliphatic rings. The van der Waals surface area contributed by atoms with Crippen LogP contribution in [-0.2, 0) is 17.8 Å². The van der Waals surface area contributed by atoms with Gasteiger partial charge in [0.1, 0.15) is 5.82 Å². The smallest absolute Gasteiger partial charge is 0.331 e. The number of rotatable bonds is 8. The lowest BCUT2D eigenvalue weighted by atomic mass is 10.1. The quantitative estimate of drug-likeness (QED) is 0.555. The van der Waals surface area contributed by atoms with Crippen LogP contribution in [0.4, 0.5) is 4.79 Å². The van der Waals surface area contributed by atoms with Crippen LogP contribution in [0, 0.1) is 0 Å². The average Bonchev–Trinajstić information content (AvgIpc) is 2.61. The van der Waals surface area contributed by atoms with Crippen LogP contribution in [0.2, 0.25) is 0 Å². The summed E-state index contributed by atoms with van der Waals surface area (Å²) in [5.74, 6) is -0.987. The number of nitrogens with one attached hydrogen (secondary N) is 3. The van der Waals surface area contributed by atoms with Gasteiger partial charge in [0.2, 0.25) is 0 Å². The molecule has 6 nitrogen and oxygen atoms in total. The van der Waals surface area contributed by atoms with Crippen molar-refractivity contribution < 1.29 is 14.7 Å². The number of urea groups is 1. The van der Waals surface area contributed by atoms with Gasteiger partial charge in [0.25, 0.3) is 0 Å². The number of benzene rings is 2. The van der Waals surface area contributed by atoms with Crippen molar-refractivity contribution in [1.82, 2.24) is 16.0 Å². The Labute approximate surface area is 146 Å². The Bertz CT molecular complexity index is 715. The Hall–Kier alpha value is -3.28. The Morgan fingerprint density at radius 3 is 2.08 bits per heavy atom. The summed E-state index contributed by atoms with van der Waals surface area (Å²) in [7, 11) is 0. The second kappa shape index (κ2) is 9.77. The summed E-state index contributed by atoms with van der Waals surface area (Å²) in [6.45, 7) is 0.860. The summed E-state index contributed by atoms with van der Waals surface area (Å²) < 4.78 is 0. The third-order valence-corrected chi connectivity index (χ3v) is 3.38. The molecule has 2 amide bonds. The largest absolute Gasteiger partial charge is 0.478 e. The second-order valence-electron chi connectivity index (χ2n) is 5.35. The summed E-state index contributed by atoms with van der Waals surface area (Å²) >= 11 is 0. The highest BCUT2D eigenvalue weighted by Crippen LogP contribution is 1.99. The standard InChI is InChI=1S/C19H21N3O3/c23-18(24)13-17(20-12-11-15-7-3-1-4-8-15)22-19(25)21-14-16-9-5-2-6-10-16/h1-10,13,20H,11-12,14H2,(H,23,24)(H2,21,22,25)/b17-13+. The minimum atomic E-state index is -1.13. The predicted octanol–water partition coefficient (Wildman–Crippen LogP) is 2.24. The molecule has 0 unspecified atom stereocenters. The van der Waals surface area contributed by atoms with E-state index >= 15 is 0 Å². The molecule has 0 heterocycles. The number of carbonyl (C=O) groups excluding carboxylic acids is 1. The zero-order valence-electron chi connectivity index (χ0n) is 13.7. The molecule has 2 aromatic carbocycles. The molecule has 0 spiro atoms. The van der Waals surface area contributed by atoms with E-state index in [2.05, 4.69) is 16.0 Å². The summed E-state index contributed by atoms with van der Waals surface area (Å²) in [6, 6.07) is 18.8. The van der Waals surface area contributed by atoms with Crippen LogP contribution in [0.3, 0.4) is 0 Å². The van der Waals surface area contributed by atoms with Crippen LogP contribution in [0.25, 0.3) is 0 Å². The fourth-order valence-corrected chi connectivity index (χ4v) is 2.19. The van der Waals surface area contributed by atoms with Crippen molar-refractivity contribution in [3.63, 3.8) is 0 Å². The molecular weight excluding hydrogens is 318 g/mol. The molecular formula is C19H21N3O3. The highest BCUT2D eigenvalue weighted by molar-refractivity contribution is 5.83. The zero-order valence-corrected chi connectivity index (χ0v) is 13.7. The number of hydrogen-bond donors (Lipinski definition) is 4. The van der Waals surface area contributed by atoms with Gasteiger partial charge in [-0.2, -0.15) is 0 Å². The summed E-state index contributed by atoms with van der Waals surface area (Å²) in [5, 5.41) is 17.1. The van der Waals surface area contributed by atoms with Gasteiger partial charge in [-0.05, 0) is 17.5 Å². The number of carboxylic acid groups (broad SMARTS) is 1. The maximum atomic E-state index is 11.9. The number of carboxylic acids is 1. The van der Waals surface area contributed by atoms with Gasteiger partial charge < -0.3 is 15.7 Å². The Balaban J connectivity index is 1.82. The number of hydrogen-bond acceptors (Lipinski definition) is 3. The maximum absolute atomic E-state index is 11.9. The Morgan fingerprint density at radius 1 is 0.880 bits per heavy atom. The highest BCUT2D eigenvalue weighted by Gasteiger charge is 2.06. The van der Waals surface area contributed by atoms with Crippen LogP contribution in [0.15, 0.2) is 72.6 Å². The third-order valence-electron chi connectivity index (χ3n) is 3.38. The average molecular weight is 339 g/mol. The van der Waals surface area contributed by atoms with E-state index in [0.29, 0.717) is 19.5 Å². The third kappa shape index (κ3) is 7.22. The van der Waals surface area contributed by atoms with E-state index in [9.17, 15) is 9.59 Å². The summed E-state index contributed by atoms with van der Waals surface area (Å²) in [6.07, 6.45) is 1.65. The molecule has 6 heteroatoms. The molecule has 0 saturated carbocycles. The van der Waals surface area contributed by atoms with Gasteiger partial charge in [-0.3, -0.25) is 5.32 Å². The molecule has 0 saturated heterocycles. The van der Waals surface area contributed by atoms with Gasteiger partial charge in [-0.15, -0.1) is 0 Å². The molecule has 130 valence electrons. The highest BCUT2D eigenvalue weighted by atomic mass is 16.4. The van der Waals surface area contributed by atoms with E-state index in [1.807, 2.05) is 60.7 Å². The van der Waals surface area contributed by atoms with Crippen molar-refractivity contribution in [1.29, 1.82) is 0 Å².